The zero-order valence-electron chi connectivity index (χ0n) is 18.9. The lowest BCUT2D eigenvalue weighted by Gasteiger charge is -2.17. The quantitative estimate of drug-likeness (QED) is 0.566. The molecule has 0 aliphatic carbocycles. The molecule has 0 spiro atoms. The third-order valence-electron chi connectivity index (χ3n) is 5.93. The van der Waals surface area contributed by atoms with Crippen LogP contribution in [0.25, 0.3) is 11.1 Å². The second-order valence-electron chi connectivity index (χ2n) is 8.14. The average Bonchev–Trinajstić information content (AvgIpc) is 2.89. The van der Waals surface area contributed by atoms with Gasteiger partial charge < -0.3 is 9.30 Å². The van der Waals surface area contributed by atoms with E-state index >= 15 is 0 Å². The smallest absolute Gasteiger partial charge is 0.250 e. The van der Waals surface area contributed by atoms with Gasteiger partial charge in [-0.3, -0.25) is 9.79 Å². The highest BCUT2D eigenvalue weighted by atomic mass is 32.2. The molecule has 0 saturated heterocycles. The predicted octanol–water partition coefficient (Wildman–Crippen LogP) is 4.05. The Hall–Kier alpha value is -3.26. The van der Waals surface area contributed by atoms with Gasteiger partial charge in [-0.15, -0.1) is 0 Å². The molecule has 0 radical (unpaired) electrons. The normalized spacial score (nSPS) is 15.3. The molecule has 2 aromatic carbocycles. The van der Waals surface area contributed by atoms with E-state index in [1.54, 1.807) is 44.4 Å². The number of nitrogens with zero attached hydrogens (tertiary/aromatic N) is 2. The fraction of sp³-hybridized carbons (Fsp3) is 0.280. The molecular formula is C25H25FN2O4S. The number of halogens is 1. The highest BCUT2D eigenvalue weighted by Gasteiger charge is 2.26. The SMILES string of the molecule is CCS(=O)(=O)Cc1cc2c(cc1OC)C(c1ccc(F)cc1)=N[C@@H](C)c1cc(=O)n(C)cc1-2. The number of aromatic nitrogens is 1. The summed E-state index contributed by atoms with van der Waals surface area (Å²) in [4.78, 5) is 17.3. The monoisotopic (exact) mass is 468 g/mol. The fourth-order valence-electron chi connectivity index (χ4n) is 4.07. The number of rotatable bonds is 5. The van der Waals surface area contributed by atoms with Gasteiger partial charge in [-0.2, -0.15) is 0 Å². The Morgan fingerprint density at radius 2 is 1.79 bits per heavy atom. The number of pyridine rings is 1. The highest BCUT2D eigenvalue weighted by molar-refractivity contribution is 7.90. The number of fused-ring (bicyclic) bond motifs is 3. The Labute approximate surface area is 192 Å². The van der Waals surface area contributed by atoms with Crippen molar-refractivity contribution in [2.45, 2.75) is 25.6 Å². The first-order chi connectivity index (χ1) is 15.6. The predicted molar refractivity (Wildman–Crippen MR) is 127 cm³/mol. The molecular weight excluding hydrogens is 443 g/mol. The van der Waals surface area contributed by atoms with Crippen LogP contribution in [0.1, 0.15) is 42.1 Å². The molecule has 6 nitrogen and oxygen atoms in total. The number of aryl methyl sites for hydroxylation is 1. The number of methoxy groups -OCH3 is 1. The van der Waals surface area contributed by atoms with Crippen LogP contribution in [-0.4, -0.2) is 31.6 Å². The Balaban J connectivity index is 2.07. The highest BCUT2D eigenvalue weighted by Crippen LogP contribution is 2.40. The summed E-state index contributed by atoms with van der Waals surface area (Å²) in [6.07, 6.45) is 1.75. The second kappa shape index (κ2) is 8.59. The van der Waals surface area contributed by atoms with Gasteiger partial charge in [0.1, 0.15) is 11.6 Å². The lowest BCUT2D eigenvalue weighted by atomic mass is 9.90. The van der Waals surface area contributed by atoms with Crippen molar-refractivity contribution in [3.63, 3.8) is 0 Å². The zero-order valence-corrected chi connectivity index (χ0v) is 19.7. The van der Waals surface area contributed by atoms with Gasteiger partial charge in [0, 0.05) is 47.3 Å². The summed E-state index contributed by atoms with van der Waals surface area (Å²) >= 11 is 0. The van der Waals surface area contributed by atoms with Crippen molar-refractivity contribution in [2.75, 3.05) is 12.9 Å². The van der Waals surface area contributed by atoms with E-state index in [4.69, 9.17) is 9.73 Å². The molecule has 0 bridgehead atoms. The molecule has 0 N–H and O–H groups in total. The minimum atomic E-state index is -3.32. The third kappa shape index (κ3) is 4.35. The largest absolute Gasteiger partial charge is 0.496 e. The second-order valence-corrected chi connectivity index (χ2v) is 10.5. The summed E-state index contributed by atoms with van der Waals surface area (Å²) in [5.74, 6) is -0.0798. The van der Waals surface area contributed by atoms with Crippen molar-refractivity contribution in [3.8, 4) is 16.9 Å². The van der Waals surface area contributed by atoms with Crippen molar-refractivity contribution in [2.24, 2.45) is 12.0 Å². The maximum absolute atomic E-state index is 13.6. The summed E-state index contributed by atoms with van der Waals surface area (Å²) in [5.41, 5.74) is 4.70. The number of ether oxygens (including phenoxy) is 1. The number of benzene rings is 2. The van der Waals surface area contributed by atoms with E-state index in [1.165, 1.54) is 23.8 Å². The van der Waals surface area contributed by atoms with Crippen molar-refractivity contribution < 1.29 is 17.5 Å². The van der Waals surface area contributed by atoms with Gasteiger partial charge in [-0.05, 0) is 54.4 Å². The molecule has 1 aliphatic heterocycles. The first kappa shape index (κ1) is 22.9. The van der Waals surface area contributed by atoms with Gasteiger partial charge in [0.05, 0.1) is 24.6 Å². The molecule has 1 atom stereocenters. The Kier molecular flexibility index (Phi) is 5.97. The molecule has 2 heterocycles. The Morgan fingerprint density at radius 1 is 1.09 bits per heavy atom. The molecule has 4 rings (SSSR count). The van der Waals surface area contributed by atoms with Gasteiger partial charge >= 0.3 is 0 Å². The summed E-state index contributed by atoms with van der Waals surface area (Å²) in [6, 6.07) is 10.9. The van der Waals surface area contributed by atoms with E-state index in [0.717, 1.165) is 22.3 Å². The van der Waals surface area contributed by atoms with E-state index < -0.39 is 9.84 Å². The van der Waals surface area contributed by atoms with Crippen molar-refractivity contribution in [3.05, 3.63) is 87.1 Å². The minimum absolute atomic E-state index is 0.0116. The zero-order chi connectivity index (χ0) is 23.9. The Bertz CT molecular complexity index is 1420. The van der Waals surface area contributed by atoms with Crippen LogP contribution < -0.4 is 10.3 Å². The van der Waals surface area contributed by atoms with Crippen molar-refractivity contribution in [1.82, 2.24) is 4.57 Å². The number of aliphatic imine (C=N–C) groups is 1. The average molecular weight is 469 g/mol. The fourth-order valence-corrected chi connectivity index (χ4v) is 4.97. The molecule has 1 aromatic heterocycles. The van der Waals surface area contributed by atoms with E-state index in [2.05, 4.69) is 0 Å². The summed E-state index contributed by atoms with van der Waals surface area (Å²) in [6.45, 7) is 3.50. The first-order valence-electron chi connectivity index (χ1n) is 10.6. The van der Waals surface area contributed by atoms with Crippen LogP contribution in [0.2, 0.25) is 0 Å². The van der Waals surface area contributed by atoms with Crippen LogP contribution in [0.4, 0.5) is 4.39 Å². The molecule has 0 fully saturated rings. The van der Waals surface area contributed by atoms with Gasteiger partial charge in [-0.25, -0.2) is 12.8 Å². The number of hydrogen-bond acceptors (Lipinski definition) is 5. The Morgan fingerprint density at radius 3 is 2.42 bits per heavy atom. The summed E-state index contributed by atoms with van der Waals surface area (Å²) in [7, 11) is -0.154. The van der Waals surface area contributed by atoms with Crippen LogP contribution in [0.5, 0.6) is 5.75 Å². The summed E-state index contributed by atoms with van der Waals surface area (Å²) in [5, 5.41) is 0. The van der Waals surface area contributed by atoms with Crippen molar-refractivity contribution >= 4 is 15.5 Å². The third-order valence-corrected chi connectivity index (χ3v) is 7.56. The molecule has 0 saturated carbocycles. The topological polar surface area (TPSA) is 77.7 Å². The number of hydrogen-bond donors (Lipinski definition) is 0. The molecule has 33 heavy (non-hydrogen) atoms. The van der Waals surface area contributed by atoms with Crippen molar-refractivity contribution in [1.29, 1.82) is 0 Å². The molecule has 0 unspecified atom stereocenters. The standard InChI is InChI=1S/C25H25FN2O4S/c1-5-33(30,31)14-17-10-20-21(11-23(17)32-4)25(16-6-8-18(26)9-7-16)27-15(2)19-12-24(29)28(3)13-22(19)20/h6-13,15H,5,14H2,1-4H3/t15-/m0/s1. The number of sulfone groups is 1. The molecule has 8 heteroatoms. The van der Waals surface area contributed by atoms with E-state index in [1.807, 2.05) is 13.0 Å². The van der Waals surface area contributed by atoms with Crippen LogP contribution in [0.3, 0.4) is 0 Å². The molecule has 1 aliphatic rings. The maximum atomic E-state index is 13.6. The minimum Gasteiger partial charge on any atom is -0.496 e. The van der Waals surface area contributed by atoms with Crippen LogP contribution in [0, 0.1) is 5.82 Å². The van der Waals surface area contributed by atoms with Gasteiger partial charge in [0.15, 0.2) is 9.84 Å². The van der Waals surface area contributed by atoms with Gasteiger partial charge in [-0.1, -0.05) is 6.92 Å². The maximum Gasteiger partial charge on any atom is 0.250 e. The lowest BCUT2D eigenvalue weighted by molar-refractivity contribution is 0.411. The lowest BCUT2D eigenvalue weighted by Crippen LogP contribution is -2.17. The van der Waals surface area contributed by atoms with Crippen LogP contribution >= 0.6 is 0 Å². The van der Waals surface area contributed by atoms with Crippen LogP contribution in [-0.2, 0) is 22.6 Å². The van der Waals surface area contributed by atoms with E-state index in [0.29, 0.717) is 22.6 Å². The molecule has 0 amide bonds. The van der Waals surface area contributed by atoms with Gasteiger partial charge in [0.2, 0.25) is 0 Å². The van der Waals surface area contributed by atoms with Gasteiger partial charge in [0.25, 0.3) is 5.56 Å². The van der Waals surface area contributed by atoms with E-state index in [-0.39, 0.29) is 28.9 Å². The van der Waals surface area contributed by atoms with Crippen LogP contribution in [0.15, 0.2) is 58.4 Å². The first-order valence-corrected chi connectivity index (χ1v) is 12.4. The molecule has 172 valence electrons. The van der Waals surface area contributed by atoms with E-state index in [9.17, 15) is 17.6 Å². The summed E-state index contributed by atoms with van der Waals surface area (Å²) < 4.78 is 45.5. The molecule has 3 aromatic rings.